The van der Waals surface area contributed by atoms with Crippen LogP contribution in [0.15, 0.2) is 162 Å². The second-order valence-electron chi connectivity index (χ2n) is 11.3. The van der Waals surface area contributed by atoms with Gasteiger partial charge in [-0.05, 0) is 42.5 Å². The highest BCUT2D eigenvalue weighted by molar-refractivity contribution is 6.15. The fourth-order valence-electron chi connectivity index (χ4n) is 6.34. The summed E-state index contributed by atoms with van der Waals surface area (Å²) in [5.74, 6) is 1.51. The minimum atomic E-state index is 0.680. The third-order valence-corrected chi connectivity index (χ3v) is 8.44. The van der Waals surface area contributed by atoms with Crippen LogP contribution in [0, 0.1) is 0 Å². The molecular formula is C41H26N4O. The molecule has 5 nitrogen and oxygen atoms in total. The van der Waals surface area contributed by atoms with Gasteiger partial charge in [0.1, 0.15) is 17.0 Å². The minimum Gasteiger partial charge on any atom is -0.455 e. The lowest BCUT2D eigenvalue weighted by Crippen LogP contribution is -1.97. The van der Waals surface area contributed by atoms with Crippen LogP contribution >= 0.6 is 0 Å². The Morgan fingerprint density at radius 1 is 0.500 bits per heavy atom. The maximum atomic E-state index is 6.72. The van der Waals surface area contributed by atoms with Gasteiger partial charge in [0, 0.05) is 33.2 Å². The van der Waals surface area contributed by atoms with Gasteiger partial charge in [0.05, 0.1) is 28.0 Å². The molecule has 5 heteroatoms. The van der Waals surface area contributed by atoms with E-state index >= 15 is 0 Å². The number of hydrogen-bond acceptors (Lipinski definition) is 4. The molecule has 0 bridgehead atoms. The molecule has 0 aliphatic carbocycles. The van der Waals surface area contributed by atoms with Crippen LogP contribution in [-0.4, -0.2) is 19.5 Å². The molecule has 46 heavy (non-hydrogen) atoms. The Morgan fingerprint density at radius 3 is 1.96 bits per heavy atom. The van der Waals surface area contributed by atoms with E-state index in [1.165, 1.54) is 0 Å². The summed E-state index contributed by atoms with van der Waals surface area (Å²) in [6, 6.07) is 53.6. The van der Waals surface area contributed by atoms with Crippen molar-refractivity contribution < 1.29 is 4.42 Å². The Bertz CT molecular complexity index is 2460. The summed E-state index contributed by atoms with van der Waals surface area (Å²) in [7, 11) is 0. The van der Waals surface area contributed by atoms with E-state index < -0.39 is 0 Å². The zero-order valence-electron chi connectivity index (χ0n) is 24.7. The first-order valence-corrected chi connectivity index (χ1v) is 15.3. The highest BCUT2D eigenvalue weighted by Crippen LogP contribution is 2.41. The molecule has 9 rings (SSSR count). The third kappa shape index (κ3) is 4.29. The van der Waals surface area contributed by atoms with Crippen LogP contribution in [0.25, 0.3) is 83.9 Å². The molecule has 0 saturated carbocycles. The van der Waals surface area contributed by atoms with E-state index in [1.807, 2.05) is 72.8 Å². The van der Waals surface area contributed by atoms with E-state index in [9.17, 15) is 0 Å². The molecular weight excluding hydrogens is 564 g/mol. The Morgan fingerprint density at radius 2 is 1.15 bits per heavy atom. The van der Waals surface area contributed by atoms with Gasteiger partial charge in [0.15, 0.2) is 5.82 Å². The molecule has 3 heterocycles. The molecule has 0 spiro atoms. The van der Waals surface area contributed by atoms with Crippen LogP contribution in [-0.2, 0) is 0 Å². The number of aromatic nitrogens is 4. The predicted octanol–water partition coefficient (Wildman–Crippen LogP) is 10.4. The number of para-hydroxylation sites is 4. The monoisotopic (exact) mass is 590 g/mol. The van der Waals surface area contributed by atoms with Gasteiger partial charge in [0.2, 0.25) is 0 Å². The van der Waals surface area contributed by atoms with Crippen LogP contribution in [0.3, 0.4) is 0 Å². The van der Waals surface area contributed by atoms with Crippen molar-refractivity contribution in [1.82, 2.24) is 19.5 Å². The topological polar surface area (TPSA) is 56.7 Å². The summed E-state index contributed by atoms with van der Waals surface area (Å²) < 4.78 is 8.93. The van der Waals surface area contributed by atoms with Crippen LogP contribution in [0.5, 0.6) is 0 Å². The molecule has 0 N–H and O–H groups in total. The van der Waals surface area contributed by atoms with Gasteiger partial charge in [-0.3, -0.25) is 4.57 Å². The quantitative estimate of drug-likeness (QED) is 0.200. The number of benzene rings is 6. The molecule has 3 aromatic heterocycles. The van der Waals surface area contributed by atoms with E-state index in [-0.39, 0.29) is 0 Å². The lowest BCUT2D eigenvalue weighted by Gasteiger charge is -2.10. The normalized spacial score (nSPS) is 11.5. The van der Waals surface area contributed by atoms with E-state index in [1.54, 1.807) is 0 Å². The van der Waals surface area contributed by atoms with Gasteiger partial charge in [0.25, 0.3) is 0 Å². The highest BCUT2D eigenvalue weighted by Gasteiger charge is 2.22. The first-order valence-electron chi connectivity index (χ1n) is 15.3. The molecule has 0 fully saturated rings. The summed E-state index contributed by atoms with van der Waals surface area (Å²) in [5, 5.41) is 2.02. The van der Waals surface area contributed by atoms with Crippen molar-refractivity contribution in [2.24, 2.45) is 0 Å². The maximum absolute atomic E-state index is 6.72. The van der Waals surface area contributed by atoms with Crippen molar-refractivity contribution in [1.29, 1.82) is 0 Å². The van der Waals surface area contributed by atoms with Crippen molar-refractivity contribution in [3.8, 4) is 51.0 Å². The molecule has 0 radical (unpaired) electrons. The summed E-state index contributed by atoms with van der Waals surface area (Å²) in [5.41, 5.74) is 10.2. The van der Waals surface area contributed by atoms with E-state index in [0.29, 0.717) is 5.82 Å². The number of fused-ring (bicyclic) bond motifs is 4. The second kappa shape index (κ2) is 10.7. The van der Waals surface area contributed by atoms with E-state index in [2.05, 4.69) is 89.5 Å². The van der Waals surface area contributed by atoms with Crippen molar-refractivity contribution in [2.45, 2.75) is 0 Å². The number of imidazole rings is 1. The summed E-state index contributed by atoms with van der Waals surface area (Å²) in [4.78, 5) is 15.3. The largest absolute Gasteiger partial charge is 0.455 e. The molecule has 6 aromatic carbocycles. The fraction of sp³-hybridized carbons (Fsp3) is 0. The Balaban J connectivity index is 1.30. The zero-order chi connectivity index (χ0) is 30.5. The van der Waals surface area contributed by atoms with Gasteiger partial charge in [-0.1, -0.05) is 115 Å². The van der Waals surface area contributed by atoms with E-state index in [0.717, 1.165) is 78.1 Å². The average molecular weight is 591 g/mol. The van der Waals surface area contributed by atoms with Crippen molar-refractivity contribution in [3.63, 3.8) is 0 Å². The SMILES string of the molecule is c1ccc(-c2cc(-c3cccc4oc5c(-c6nc7ccccc7n6-c6ccccc6)cccc5c34)nc(-c3ccccc3)n2)cc1. The van der Waals surface area contributed by atoms with Crippen LogP contribution in [0.2, 0.25) is 0 Å². The lowest BCUT2D eigenvalue weighted by molar-refractivity contribution is 0.669. The number of hydrogen-bond donors (Lipinski definition) is 0. The number of nitrogens with zero attached hydrogens (tertiary/aromatic N) is 4. The third-order valence-electron chi connectivity index (χ3n) is 8.44. The first-order chi connectivity index (χ1) is 22.8. The van der Waals surface area contributed by atoms with Gasteiger partial charge >= 0.3 is 0 Å². The van der Waals surface area contributed by atoms with Crippen molar-refractivity contribution in [3.05, 3.63) is 158 Å². The molecule has 0 amide bonds. The Labute approximate surface area is 265 Å². The predicted molar refractivity (Wildman–Crippen MR) is 186 cm³/mol. The zero-order valence-corrected chi connectivity index (χ0v) is 24.7. The van der Waals surface area contributed by atoms with Crippen molar-refractivity contribution >= 4 is 33.0 Å². The standard InChI is InChI=1S/C41H26N4O/c1-4-14-27(15-5-1)34-26-35(43-40(42-34)28-16-6-2-7-17-28)30-20-13-25-37-38(30)31-21-12-22-32(39(31)46-37)41-44-33-23-10-11-24-36(33)45(41)29-18-8-3-9-19-29/h1-26H. The molecule has 0 saturated heterocycles. The lowest BCUT2D eigenvalue weighted by atomic mass is 10.0. The van der Waals surface area contributed by atoms with Crippen LogP contribution in [0.1, 0.15) is 0 Å². The summed E-state index contributed by atoms with van der Waals surface area (Å²) >= 11 is 0. The van der Waals surface area contributed by atoms with E-state index in [4.69, 9.17) is 19.4 Å². The van der Waals surface area contributed by atoms with Gasteiger partial charge < -0.3 is 4.42 Å². The molecule has 0 atom stereocenters. The van der Waals surface area contributed by atoms with Crippen LogP contribution in [0.4, 0.5) is 0 Å². The van der Waals surface area contributed by atoms with Crippen molar-refractivity contribution in [2.75, 3.05) is 0 Å². The average Bonchev–Trinajstić information content (AvgIpc) is 3.72. The van der Waals surface area contributed by atoms with Gasteiger partial charge in [-0.25, -0.2) is 15.0 Å². The number of furan rings is 1. The molecule has 0 unspecified atom stereocenters. The van der Waals surface area contributed by atoms with Gasteiger partial charge in [-0.2, -0.15) is 0 Å². The number of rotatable bonds is 5. The maximum Gasteiger partial charge on any atom is 0.160 e. The minimum absolute atomic E-state index is 0.680. The van der Waals surface area contributed by atoms with Crippen LogP contribution < -0.4 is 0 Å². The Kier molecular flexibility index (Phi) is 6.06. The molecule has 0 aliphatic heterocycles. The molecule has 216 valence electrons. The molecule has 0 aliphatic rings. The van der Waals surface area contributed by atoms with Gasteiger partial charge in [-0.15, -0.1) is 0 Å². The first kappa shape index (κ1) is 26.1. The summed E-state index contributed by atoms with van der Waals surface area (Å²) in [6.07, 6.45) is 0. The second-order valence-corrected chi connectivity index (χ2v) is 11.3. The molecule has 9 aromatic rings. The summed E-state index contributed by atoms with van der Waals surface area (Å²) in [6.45, 7) is 0. The smallest absolute Gasteiger partial charge is 0.160 e. The fourth-order valence-corrected chi connectivity index (χ4v) is 6.34. The Hall–Kier alpha value is -6.33. The highest BCUT2D eigenvalue weighted by atomic mass is 16.3.